The molecule has 0 saturated carbocycles. The SMILES string of the molecule is O=[N+]([O-])c1ccc([C@@H](O)CN=Cc2cc(Cl)cc([N+](=O)[O-])c2O)cc1. The molecule has 0 heterocycles. The van der Waals surface area contributed by atoms with Crippen LogP contribution in [0.1, 0.15) is 17.2 Å². The molecule has 2 aromatic rings. The van der Waals surface area contributed by atoms with E-state index in [2.05, 4.69) is 4.99 Å². The Balaban J connectivity index is 2.12. The second kappa shape index (κ2) is 7.69. The molecule has 0 unspecified atom stereocenters. The molecule has 0 aromatic heterocycles. The summed E-state index contributed by atoms with van der Waals surface area (Å²) >= 11 is 5.76. The molecule has 25 heavy (non-hydrogen) atoms. The van der Waals surface area contributed by atoms with Crippen LogP contribution >= 0.6 is 11.6 Å². The number of aliphatic hydroxyl groups excluding tert-OH is 1. The Morgan fingerprint density at radius 3 is 2.36 bits per heavy atom. The van der Waals surface area contributed by atoms with Gasteiger partial charge in [-0.1, -0.05) is 11.6 Å². The predicted molar refractivity (Wildman–Crippen MR) is 90.3 cm³/mol. The zero-order chi connectivity index (χ0) is 18.6. The molecule has 0 aliphatic heterocycles. The van der Waals surface area contributed by atoms with Crippen LogP contribution in [0.2, 0.25) is 5.02 Å². The number of rotatable bonds is 6. The van der Waals surface area contributed by atoms with Crippen molar-refractivity contribution in [3.63, 3.8) is 0 Å². The number of hydrogen-bond acceptors (Lipinski definition) is 7. The second-order valence-electron chi connectivity index (χ2n) is 4.98. The van der Waals surface area contributed by atoms with E-state index >= 15 is 0 Å². The van der Waals surface area contributed by atoms with Crippen molar-refractivity contribution in [2.75, 3.05) is 6.54 Å². The number of aliphatic hydroxyl groups is 1. The number of halogens is 1. The molecule has 1 atom stereocenters. The summed E-state index contributed by atoms with van der Waals surface area (Å²) in [5.74, 6) is -0.581. The maximum atomic E-state index is 10.8. The summed E-state index contributed by atoms with van der Waals surface area (Å²) in [4.78, 5) is 24.0. The van der Waals surface area contributed by atoms with E-state index in [9.17, 15) is 30.4 Å². The third-order valence-corrected chi connectivity index (χ3v) is 3.50. The Morgan fingerprint density at radius 1 is 1.16 bits per heavy atom. The van der Waals surface area contributed by atoms with Gasteiger partial charge in [-0.25, -0.2) is 0 Å². The molecule has 2 N–H and O–H groups in total. The molecule has 10 heteroatoms. The topological polar surface area (TPSA) is 139 Å². The molecule has 0 fully saturated rings. The summed E-state index contributed by atoms with van der Waals surface area (Å²) < 4.78 is 0. The number of phenols is 1. The molecule has 0 radical (unpaired) electrons. The lowest BCUT2D eigenvalue weighted by Crippen LogP contribution is -2.02. The Bertz CT molecular complexity index is 838. The van der Waals surface area contributed by atoms with Gasteiger partial charge in [0.05, 0.1) is 22.5 Å². The van der Waals surface area contributed by atoms with Crippen molar-refractivity contribution in [1.29, 1.82) is 0 Å². The first-order valence-electron chi connectivity index (χ1n) is 6.88. The molecule has 0 amide bonds. The van der Waals surface area contributed by atoms with Crippen LogP contribution in [-0.4, -0.2) is 32.8 Å². The highest BCUT2D eigenvalue weighted by atomic mass is 35.5. The number of aliphatic imine (C=N–C) groups is 1. The van der Waals surface area contributed by atoms with E-state index in [1.54, 1.807) is 0 Å². The van der Waals surface area contributed by atoms with E-state index in [1.807, 2.05) is 0 Å². The van der Waals surface area contributed by atoms with Crippen molar-refractivity contribution in [2.45, 2.75) is 6.10 Å². The number of nitrogens with zero attached hydrogens (tertiary/aromatic N) is 3. The number of nitro benzene ring substituents is 2. The highest BCUT2D eigenvalue weighted by Crippen LogP contribution is 2.32. The number of phenolic OH excluding ortho intramolecular Hbond substituents is 1. The Hall–Kier alpha value is -3.04. The van der Waals surface area contributed by atoms with Crippen molar-refractivity contribution in [3.8, 4) is 5.75 Å². The van der Waals surface area contributed by atoms with Crippen LogP contribution in [-0.2, 0) is 0 Å². The molecule has 0 saturated heterocycles. The average molecular weight is 366 g/mol. The predicted octanol–water partition coefficient (Wildman–Crippen LogP) is 3.01. The number of non-ortho nitro benzene ring substituents is 1. The lowest BCUT2D eigenvalue weighted by Gasteiger charge is -2.07. The maximum Gasteiger partial charge on any atom is 0.312 e. The van der Waals surface area contributed by atoms with Gasteiger partial charge in [-0.05, 0) is 23.8 Å². The monoisotopic (exact) mass is 365 g/mol. The summed E-state index contributed by atoms with van der Waals surface area (Å²) in [6.45, 7) is -0.114. The molecule has 2 aromatic carbocycles. The van der Waals surface area contributed by atoms with Crippen molar-refractivity contribution in [2.24, 2.45) is 4.99 Å². The maximum absolute atomic E-state index is 10.8. The van der Waals surface area contributed by atoms with Crippen LogP contribution in [0.3, 0.4) is 0 Å². The first-order chi connectivity index (χ1) is 11.8. The third-order valence-electron chi connectivity index (χ3n) is 3.28. The van der Waals surface area contributed by atoms with Crippen molar-refractivity contribution >= 4 is 29.2 Å². The van der Waals surface area contributed by atoms with Crippen LogP contribution in [0, 0.1) is 20.2 Å². The van der Waals surface area contributed by atoms with Gasteiger partial charge in [-0.3, -0.25) is 25.2 Å². The van der Waals surface area contributed by atoms with E-state index in [4.69, 9.17) is 11.6 Å². The average Bonchev–Trinajstić information content (AvgIpc) is 2.57. The van der Waals surface area contributed by atoms with Crippen LogP contribution in [0.15, 0.2) is 41.4 Å². The summed E-state index contributed by atoms with van der Waals surface area (Å²) in [5, 5.41) is 41.3. The van der Waals surface area contributed by atoms with Gasteiger partial charge in [0.1, 0.15) is 0 Å². The normalized spacial score (nSPS) is 12.2. The number of hydrogen-bond donors (Lipinski definition) is 2. The van der Waals surface area contributed by atoms with Crippen molar-refractivity contribution in [3.05, 3.63) is 72.8 Å². The van der Waals surface area contributed by atoms with E-state index in [1.165, 1.54) is 30.3 Å². The zero-order valence-corrected chi connectivity index (χ0v) is 13.3. The molecular formula is C15H12ClN3O6. The Kier molecular flexibility index (Phi) is 5.63. The van der Waals surface area contributed by atoms with Gasteiger partial charge in [0.25, 0.3) is 5.69 Å². The van der Waals surface area contributed by atoms with Gasteiger partial charge < -0.3 is 10.2 Å². The third kappa shape index (κ3) is 4.49. The molecule has 130 valence electrons. The highest BCUT2D eigenvalue weighted by Gasteiger charge is 2.18. The molecular weight excluding hydrogens is 354 g/mol. The molecule has 9 nitrogen and oxygen atoms in total. The summed E-state index contributed by atoms with van der Waals surface area (Å²) in [6, 6.07) is 7.63. The van der Waals surface area contributed by atoms with Gasteiger partial charge in [0.15, 0.2) is 0 Å². The largest absolute Gasteiger partial charge is 0.502 e. The second-order valence-corrected chi connectivity index (χ2v) is 5.41. The Labute approximate surface area is 146 Å². The minimum atomic E-state index is -1.03. The Morgan fingerprint density at radius 2 is 1.80 bits per heavy atom. The summed E-state index contributed by atoms with van der Waals surface area (Å²) in [6.07, 6.45) is 0.122. The smallest absolute Gasteiger partial charge is 0.312 e. The number of benzene rings is 2. The molecule has 2 rings (SSSR count). The lowest BCUT2D eigenvalue weighted by molar-refractivity contribution is -0.385. The van der Waals surface area contributed by atoms with Gasteiger partial charge in [-0.15, -0.1) is 0 Å². The van der Waals surface area contributed by atoms with Crippen LogP contribution in [0.4, 0.5) is 11.4 Å². The zero-order valence-electron chi connectivity index (χ0n) is 12.6. The van der Waals surface area contributed by atoms with Crippen molar-refractivity contribution in [1.82, 2.24) is 0 Å². The lowest BCUT2D eigenvalue weighted by atomic mass is 10.1. The van der Waals surface area contributed by atoms with E-state index in [0.29, 0.717) is 5.56 Å². The van der Waals surface area contributed by atoms with E-state index in [-0.39, 0.29) is 22.8 Å². The first kappa shape index (κ1) is 18.3. The van der Waals surface area contributed by atoms with Gasteiger partial charge in [0.2, 0.25) is 5.75 Å². The fraction of sp³-hybridized carbons (Fsp3) is 0.133. The van der Waals surface area contributed by atoms with Crippen LogP contribution in [0.25, 0.3) is 0 Å². The van der Waals surface area contributed by atoms with Gasteiger partial charge >= 0.3 is 5.69 Å². The van der Waals surface area contributed by atoms with Gasteiger partial charge in [0, 0.05) is 35.0 Å². The standard InChI is InChI=1S/C15H12ClN3O6/c16-11-5-10(15(21)13(6-11)19(24)25)7-17-8-14(20)9-1-3-12(4-2-9)18(22)23/h1-7,14,20-21H,8H2/t14-/m0/s1. The summed E-state index contributed by atoms with van der Waals surface area (Å²) in [7, 11) is 0. The van der Waals surface area contributed by atoms with Crippen molar-refractivity contribution < 1.29 is 20.1 Å². The summed E-state index contributed by atoms with van der Waals surface area (Å²) in [5.41, 5.74) is -0.195. The molecule has 0 aliphatic carbocycles. The number of nitro groups is 2. The number of aromatic hydroxyl groups is 1. The van der Waals surface area contributed by atoms with Crippen LogP contribution in [0.5, 0.6) is 5.75 Å². The molecule has 0 bridgehead atoms. The minimum Gasteiger partial charge on any atom is -0.502 e. The molecule has 0 spiro atoms. The van der Waals surface area contributed by atoms with Gasteiger partial charge in [-0.2, -0.15) is 0 Å². The minimum absolute atomic E-state index is 0.0371. The first-order valence-corrected chi connectivity index (χ1v) is 7.26. The molecule has 0 aliphatic rings. The van der Waals surface area contributed by atoms with Crippen LogP contribution < -0.4 is 0 Å². The van der Waals surface area contributed by atoms with E-state index < -0.39 is 27.4 Å². The fourth-order valence-electron chi connectivity index (χ4n) is 2.02. The highest BCUT2D eigenvalue weighted by molar-refractivity contribution is 6.31. The van der Waals surface area contributed by atoms with E-state index in [0.717, 1.165) is 12.3 Å². The quantitative estimate of drug-likeness (QED) is 0.458. The fourth-order valence-corrected chi connectivity index (χ4v) is 2.24.